The van der Waals surface area contributed by atoms with Crippen LogP contribution in [0.2, 0.25) is 0 Å². The average molecular weight is 459 g/mol. The Kier molecular flexibility index (Phi) is 4.50. The Morgan fingerprint density at radius 3 is 2.56 bits per heavy atom. The highest BCUT2D eigenvalue weighted by molar-refractivity contribution is 14.1. The van der Waals surface area contributed by atoms with Gasteiger partial charge in [-0.15, -0.1) is 10.2 Å². The summed E-state index contributed by atoms with van der Waals surface area (Å²) in [6.45, 7) is 0. The second-order valence-electron chi connectivity index (χ2n) is 5.11. The summed E-state index contributed by atoms with van der Waals surface area (Å²) in [5, 5.41) is 20.5. The first-order valence-corrected chi connectivity index (χ1v) is 7.97. The third-order valence-corrected chi connectivity index (χ3v) is 4.22. The second-order valence-corrected chi connectivity index (χ2v) is 6.13. The molecular formula is C16H9F3IN3O2. The lowest BCUT2D eigenvalue weighted by Gasteiger charge is -2.10. The van der Waals surface area contributed by atoms with E-state index in [9.17, 15) is 23.1 Å². The Labute approximate surface area is 153 Å². The van der Waals surface area contributed by atoms with Crippen molar-refractivity contribution in [2.75, 3.05) is 5.32 Å². The number of benzene rings is 2. The molecule has 3 rings (SSSR count). The molecule has 0 aliphatic heterocycles. The standard InChI is InChI=1S/C16H9F3IN3O2/c17-16(18,19)9-2-1-3-10(7-9)21-14(24)8-4-5-11-12(6-8)15(25)23-22-13(11)20/h1-7H,(H,21,24)(H,23,25). The predicted octanol–water partition coefficient (Wildman–Crippen LogP) is 4.21. The molecule has 0 bridgehead atoms. The smallest absolute Gasteiger partial charge is 0.416 e. The quantitative estimate of drug-likeness (QED) is 0.564. The molecule has 1 heterocycles. The first kappa shape index (κ1) is 17.4. The van der Waals surface area contributed by atoms with Gasteiger partial charge in [0.15, 0.2) is 0 Å². The minimum atomic E-state index is -4.50. The van der Waals surface area contributed by atoms with Gasteiger partial charge in [0.2, 0.25) is 5.88 Å². The summed E-state index contributed by atoms with van der Waals surface area (Å²) in [4.78, 5) is 12.3. The highest BCUT2D eigenvalue weighted by Gasteiger charge is 2.30. The molecule has 1 aromatic heterocycles. The van der Waals surface area contributed by atoms with Crippen molar-refractivity contribution in [3.05, 3.63) is 57.3 Å². The van der Waals surface area contributed by atoms with E-state index in [1.54, 1.807) is 6.07 Å². The van der Waals surface area contributed by atoms with Crippen LogP contribution in [0, 0.1) is 3.70 Å². The van der Waals surface area contributed by atoms with Crippen molar-refractivity contribution in [3.8, 4) is 5.88 Å². The van der Waals surface area contributed by atoms with Gasteiger partial charge in [0.25, 0.3) is 5.91 Å². The number of carbonyl (C=O) groups is 1. The molecule has 9 heteroatoms. The van der Waals surface area contributed by atoms with Crippen molar-refractivity contribution in [2.24, 2.45) is 0 Å². The highest BCUT2D eigenvalue weighted by atomic mass is 127. The number of hydrogen-bond acceptors (Lipinski definition) is 4. The van der Waals surface area contributed by atoms with Gasteiger partial charge >= 0.3 is 6.18 Å². The third-order valence-electron chi connectivity index (χ3n) is 3.43. The SMILES string of the molecule is O=C(Nc1cccc(C(F)(F)F)c1)c1ccc2c(I)nnc(O)c2c1. The Hall–Kier alpha value is -2.43. The van der Waals surface area contributed by atoms with Crippen molar-refractivity contribution in [2.45, 2.75) is 6.18 Å². The van der Waals surface area contributed by atoms with E-state index in [-0.39, 0.29) is 17.1 Å². The maximum atomic E-state index is 12.7. The maximum Gasteiger partial charge on any atom is 0.416 e. The van der Waals surface area contributed by atoms with E-state index < -0.39 is 17.6 Å². The number of amides is 1. The van der Waals surface area contributed by atoms with Gasteiger partial charge in [-0.2, -0.15) is 13.2 Å². The number of fused-ring (bicyclic) bond motifs is 1. The lowest BCUT2D eigenvalue weighted by molar-refractivity contribution is -0.137. The number of nitrogens with zero attached hydrogens (tertiary/aromatic N) is 2. The Morgan fingerprint density at radius 1 is 1.08 bits per heavy atom. The van der Waals surface area contributed by atoms with Crippen LogP contribution in [-0.2, 0) is 6.18 Å². The first-order chi connectivity index (χ1) is 11.8. The number of alkyl halides is 3. The van der Waals surface area contributed by atoms with Crippen LogP contribution >= 0.6 is 22.6 Å². The summed E-state index contributed by atoms with van der Waals surface area (Å²) in [5.41, 5.74) is -0.665. The molecule has 0 aliphatic rings. The highest BCUT2D eigenvalue weighted by Crippen LogP contribution is 2.31. The van der Waals surface area contributed by atoms with Gasteiger partial charge in [-0.25, -0.2) is 0 Å². The number of halogens is 4. The number of aromatic hydroxyl groups is 1. The van der Waals surface area contributed by atoms with Crippen molar-refractivity contribution < 1.29 is 23.1 Å². The molecule has 5 nitrogen and oxygen atoms in total. The Morgan fingerprint density at radius 2 is 1.84 bits per heavy atom. The van der Waals surface area contributed by atoms with Crippen LogP contribution in [0.5, 0.6) is 5.88 Å². The van der Waals surface area contributed by atoms with E-state index in [0.29, 0.717) is 14.5 Å². The van der Waals surface area contributed by atoms with Gasteiger partial charge in [0, 0.05) is 22.0 Å². The monoisotopic (exact) mass is 459 g/mol. The first-order valence-electron chi connectivity index (χ1n) is 6.89. The van der Waals surface area contributed by atoms with Gasteiger partial charge in [-0.1, -0.05) is 12.1 Å². The zero-order valence-corrected chi connectivity index (χ0v) is 14.5. The van der Waals surface area contributed by atoms with E-state index in [1.165, 1.54) is 24.3 Å². The average Bonchev–Trinajstić information content (AvgIpc) is 2.57. The van der Waals surface area contributed by atoms with E-state index in [4.69, 9.17) is 0 Å². The minimum absolute atomic E-state index is 0.0200. The largest absolute Gasteiger partial charge is 0.492 e. The van der Waals surface area contributed by atoms with E-state index >= 15 is 0 Å². The number of carbonyl (C=O) groups excluding carboxylic acids is 1. The van der Waals surface area contributed by atoms with Gasteiger partial charge in [0.1, 0.15) is 3.70 Å². The Bertz CT molecular complexity index is 976. The maximum absolute atomic E-state index is 12.7. The van der Waals surface area contributed by atoms with Crippen LogP contribution in [0.4, 0.5) is 18.9 Å². The molecule has 0 atom stereocenters. The second kappa shape index (κ2) is 6.47. The normalized spacial score (nSPS) is 11.5. The molecule has 3 aromatic rings. The van der Waals surface area contributed by atoms with Crippen molar-refractivity contribution in [1.82, 2.24) is 10.2 Å². The molecule has 2 N–H and O–H groups in total. The molecule has 0 radical (unpaired) electrons. The number of rotatable bonds is 2. The van der Waals surface area contributed by atoms with Crippen LogP contribution in [0.25, 0.3) is 10.8 Å². The lowest BCUT2D eigenvalue weighted by Crippen LogP contribution is -2.13. The fourth-order valence-electron chi connectivity index (χ4n) is 2.23. The van der Waals surface area contributed by atoms with E-state index in [1.807, 2.05) is 22.6 Å². The Balaban J connectivity index is 1.92. The summed E-state index contributed by atoms with van der Waals surface area (Å²) >= 11 is 1.94. The molecule has 128 valence electrons. The fourth-order valence-corrected chi connectivity index (χ4v) is 2.80. The summed E-state index contributed by atoms with van der Waals surface area (Å²) in [5.74, 6) is -0.934. The fraction of sp³-hybridized carbons (Fsp3) is 0.0625. The van der Waals surface area contributed by atoms with E-state index in [2.05, 4.69) is 15.5 Å². The van der Waals surface area contributed by atoms with Crippen LogP contribution in [0.3, 0.4) is 0 Å². The molecule has 0 fully saturated rings. The van der Waals surface area contributed by atoms with Gasteiger partial charge in [-0.05, 0) is 52.9 Å². The molecule has 25 heavy (non-hydrogen) atoms. The van der Waals surface area contributed by atoms with Crippen molar-refractivity contribution >= 4 is 45.0 Å². The van der Waals surface area contributed by atoms with E-state index in [0.717, 1.165) is 12.1 Å². The molecule has 0 unspecified atom stereocenters. The van der Waals surface area contributed by atoms with Crippen molar-refractivity contribution in [1.29, 1.82) is 0 Å². The molecule has 0 saturated carbocycles. The zero-order chi connectivity index (χ0) is 18.2. The molecule has 1 amide bonds. The van der Waals surface area contributed by atoms with Gasteiger partial charge in [0.05, 0.1) is 5.56 Å². The lowest BCUT2D eigenvalue weighted by atomic mass is 10.1. The molecule has 0 spiro atoms. The van der Waals surface area contributed by atoms with Crippen LogP contribution in [0.15, 0.2) is 42.5 Å². The number of aromatic nitrogens is 2. The summed E-state index contributed by atoms with van der Waals surface area (Å²) < 4.78 is 38.7. The molecule has 0 aliphatic carbocycles. The van der Waals surface area contributed by atoms with Gasteiger partial charge < -0.3 is 10.4 Å². The summed E-state index contributed by atoms with van der Waals surface area (Å²) in [6.07, 6.45) is -4.50. The molecule has 2 aromatic carbocycles. The number of anilines is 1. The molecule has 0 saturated heterocycles. The summed E-state index contributed by atoms with van der Waals surface area (Å²) in [7, 11) is 0. The third kappa shape index (κ3) is 3.65. The van der Waals surface area contributed by atoms with Crippen LogP contribution < -0.4 is 5.32 Å². The van der Waals surface area contributed by atoms with Gasteiger partial charge in [-0.3, -0.25) is 4.79 Å². The predicted molar refractivity (Wildman–Crippen MR) is 93.3 cm³/mol. The topological polar surface area (TPSA) is 75.1 Å². The minimum Gasteiger partial charge on any atom is -0.492 e. The summed E-state index contributed by atoms with van der Waals surface area (Å²) in [6, 6.07) is 8.84. The van der Waals surface area contributed by atoms with Crippen LogP contribution in [-0.4, -0.2) is 21.2 Å². The number of hydrogen-bond donors (Lipinski definition) is 2. The van der Waals surface area contributed by atoms with Crippen LogP contribution in [0.1, 0.15) is 15.9 Å². The zero-order valence-electron chi connectivity index (χ0n) is 12.3. The van der Waals surface area contributed by atoms with Crippen molar-refractivity contribution in [3.63, 3.8) is 0 Å². The molecular weight excluding hydrogens is 450 g/mol. The number of nitrogens with one attached hydrogen (secondary N) is 1.